The number of aryl methyl sites for hydroxylation is 2. The van der Waals surface area contributed by atoms with Gasteiger partial charge in [0.1, 0.15) is 0 Å². The Labute approximate surface area is 197 Å². The number of hydrogen-bond donors (Lipinski definition) is 2. The molecule has 0 aliphatic heterocycles. The van der Waals surface area contributed by atoms with Crippen LogP contribution in [0.2, 0.25) is 0 Å². The first-order valence-electron chi connectivity index (χ1n) is 10.8. The maximum Gasteiger partial charge on any atom is 0.288 e. The Balaban J connectivity index is 1.56. The maximum absolute atomic E-state index is 13.2. The van der Waals surface area contributed by atoms with E-state index >= 15 is 0 Å². The van der Waals surface area contributed by atoms with Gasteiger partial charge in [0, 0.05) is 11.3 Å². The monoisotopic (exact) mass is 452 g/mol. The highest BCUT2D eigenvalue weighted by Gasteiger charge is 2.24. The zero-order chi connectivity index (χ0) is 23.9. The molecule has 0 saturated carbocycles. The predicted octanol–water partition coefficient (Wildman–Crippen LogP) is 6.36. The van der Waals surface area contributed by atoms with Crippen LogP contribution in [0.25, 0.3) is 0 Å². The number of rotatable bonds is 8. The van der Waals surface area contributed by atoms with E-state index in [1.165, 1.54) is 6.26 Å². The first-order valence-corrected chi connectivity index (χ1v) is 10.8. The molecule has 4 aromatic rings. The lowest BCUT2D eigenvalue weighted by atomic mass is 10.1. The van der Waals surface area contributed by atoms with Crippen molar-refractivity contribution in [1.82, 2.24) is 5.32 Å². The Morgan fingerprint density at radius 2 is 1.59 bits per heavy atom. The number of benzene rings is 3. The van der Waals surface area contributed by atoms with E-state index in [1.807, 2.05) is 56.3 Å². The molecule has 34 heavy (non-hydrogen) atoms. The first-order chi connectivity index (χ1) is 16.5. The molecule has 3 aromatic carbocycles. The lowest BCUT2D eigenvalue weighted by Crippen LogP contribution is -2.46. The standard InChI is InChI=1S/C27H24N4O3/c1-18-9-6-7-12-23(18)31-30-21-14-15-22(19(2)17-21)28-26(25(32)20-10-4-3-5-11-20)29-27(33)24-13-8-16-34-24/h3-17,26,28H,1-2H3,(H,29,33)/t26-/m0/s1. The summed E-state index contributed by atoms with van der Waals surface area (Å²) < 4.78 is 5.17. The minimum Gasteiger partial charge on any atom is -0.459 e. The van der Waals surface area contributed by atoms with Gasteiger partial charge in [0.15, 0.2) is 11.9 Å². The highest BCUT2D eigenvalue weighted by atomic mass is 16.3. The highest BCUT2D eigenvalue weighted by Crippen LogP contribution is 2.26. The molecule has 1 amide bonds. The van der Waals surface area contributed by atoms with Gasteiger partial charge in [-0.2, -0.15) is 10.2 Å². The van der Waals surface area contributed by atoms with E-state index in [1.54, 1.807) is 42.5 Å². The van der Waals surface area contributed by atoms with Crippen LogP contribution < -0.4 is 10.6 Å². The zero-order valence-electron chi connectivity index (χ0n) is 18.9. The van der Waals surface area contributed by atoms with Crippen LogP contribution in [0, 0.1) is 13.8 Å². The van der Waals surface area contributed by atoms with Crippen LogP contribution >= 0.6 is 0 Å². The topological polar surface area (TPSA) is 96.1 Å². The molecule has 1 heterocycles. The van der Waals surface area contributed by atoms with E-state index in [0.717, 1.165) is 16.8 Å². The van der Waals surface area contributed by atoms with E-state index in [4.69, 9.17) is 4.42 Å². The number of ketones is 1. The molecule has 0 aliphatic rings. The van der Waals surface area contributed by atoms with Crippen LogP contribution in [-0.4, -0.2) is 17.9 Å². The average Bonchev–Trinajstić information content (AvgIpc) is 3.40. The molecule has 0 saturated heterocycles. The van der Waals surface area contributed by atoms with E-state index in [-0.39, 0.29) is 11.5 Å². The molecule has 7 nitrogen and oxygen atoms in total. The highest BCUT2D eigenvalue weighted by molar-refractivity contribution is 6.04. The molecule has 0 aliphatic carbocycles. The zero-order valence-corrected chi connectivity index (χ0v) is 18.9. The molecular formula is C27H24N4O3. The summed E-state index contributed by atoms with van der Waals surface area (Å²) in [7, 11) is 0. The summed E-state index contributed by atoms with van der Waals surface area (Å²) in [5, 5.41) is 14.5. The van der Waals surface area contributed by atoms with E-state index in [9.17, 15) is 9.59 Å². The van der Waals surface area contributed by atoms with Gasteiger partial charge in [0.2, 0.25) is 5.78 Å². The Morgan fingerprint density at radius 3 is 2.29 bits per heavy atom. The van der Waals surface area contributed by atoms with E-state index < -0.39 is 12.1 Å². The van der Waals surface area contributed by atoms with Gasteiger partial charge in [-0.15, -0.1) is 0 Å². The predicted molar refractivity (Wildman–Crippen MR) is 131 cm³/mol. The third-order valence-corrected chi connectivity index (χ3v) is 5.24. The molecule has 0 radical (unpaired) electrons. The van der Waals surface area contributed by atoms with Crippen molar-refractivity contribution in [3.05, 3.63) is 114 Å². The summed E-state index contributed by atoms with van der Waals surface area (Å²) in [6, 6.07) is 25.2. The number of anilines is 1. The van der Waals surface area contributed by atoms with Gasteiger partial charge in [0.25, 0.3) is 5.91 Å². The van der Waals surface area contributed by atoms with Crippen LogP contribution in [-0.2, 0) is 0 Å². The van der Waals surface area contributed by atoms with Gasteiger partial charge >= 0.3 is 0 Å². The molecule has 0 fully saturated rings. The fourth-order valence-corrected chi connectivity index (χ4v) is 3.36. The largest absolute Gasteiger partial charge is 0.459 e. The molecule has 1 aromatic heterocycles. The van der Waals surface area contributed by atoms with Crippen LogP contribution in [0.1, 0.15) is 32.0 Å². The van der Waals surface area contributed by atoms with Crippen molar-refractivity contribution < 1.29 is 14.0 Å². The SMILES string of the molecule is Cc1ccccc1N=Nc1ccc(N[C@@H](NC(=O)c2ccco2)C(=O)c2ccccc2)c(C)c1. The van der Waals surface area contributed by atoms with Crippen molar-refractivity contribution in [3.63, 3.8) is 0 Å². The number of amides is 1. The smallest absolute Gasteiger partial charge is 0.288 e. The summed E-state index contributed by atoms with van der Waals surface area (Å²) in [6.45, 7) is 3.88. The minimum absolute atomic E-state index is 0.122. The van der Waals surface area contributed by atoms with Crippen molar-refractivity contribution in [2.45, 2.75) is 20.0 Å². The number of carbonyl (C=O) groups is 2. The van der Waals surface area contributed by atoms with Crippen LogP contribution in [0.15, 0.2) is 106 Å². The van der Waals surface area contributed by atoms with Gasteiger partial charge < -0.3 is 15.1 Å². The molecule has 0 unspecified atom stereocenters. The molecule has 170 valence electrons. The number of hydrogen-bond acceptors (Lipinski definition) is 6. The number of furan rings is 1. The van der Waals surface area contributed by atoms with E-state index in [0.29, 0.717) is 16.9 Å². The summed E-state index contributed by atoms with van der Waals surface area (Å²) in [5.74, 6) is -0.646. The van der Waals surface area contributed by atoms with Gasteiger partial charge in [0.05, 0.1) is 17.6 Å². The average molecular weight is 453 g/mol. The molecular weight excluding hydrogens is 428 g/mol. The summed E-state index contributed by atoms with van der Waals surface area (Å²) in [4.78, 5) is 25.8. The summed E-state index contributed by atoms with van der Waals surface area (Å²) in [5.41, 5.74) is 4.52. The second-order valence-electron chi connectivity index (χ2n) is 7.74. The quantitative estimate of drug-likeness (QED) is 0.185. The Bertz CT molecular complexity index is 1310. The van der Waals surface area contributed by atoms with Crippen LogP contribution in [0.4, 0.5) is 17.1 Å². The summed E-state index contributed by atoms with van der Waals surface area (Å²) >= 11 is 0. The van der Waals surface area contributed by atoms with Crippen molar-refractivity contribution >= 4 is 28.8 Å². The number of nitrogens with one attached hydrogen (secondary N) is 2. The van der Waals surface area contributed by atoms with Crippen molar-refractivity contribution in [1.29, 1.82) is 0 Å². The Morgan fingerprint density at radius 1 is 0.824 bits per heavy atom. The fraction of sp³-hybridized carbons (Fsp3) is 0.111. The number of carbonyl (C=O) groups excluding carboxylic acids is 2. The molecule has 0 spiro atoms. The third kappa shape index (κ3) is 5.45. The van der Waals surface area contributed by atoms with Crippen molar-refractivity contribution in [2.24, 2.45) is 10.2 Å². The van der Waals surface area contributed by atoms with Crippen LogP contribution in [0.5, 0.6) is 0 Å². The lowest BCUT2D eigenvalue weighted by molar-refractivity contribution is 0.0852. The molecule has 1 atom stereocenters. The first kappa shape index (κ1) is 22.7. The van der Waals surface area contributed by atoms with Crippen LogP contribution in [0.3, 0.4) is 0 Å². The van der Waals surface area contributed by atoms with Gasteiger partial charge in [-0.05, 0) is 61.4 Å². The van der Waals surface area contributed by atoms with E-state index in [2.05, 4.69) is 20.9 Å². The van der Waals surface area contributed by atoms with Crippen molar-refractivity contribution in [3.8, 4) is 0 Å². The number of nitrogens with zero attached hydrogens (tertiary/aromatic N) is 2. The number of azo groups is 1. The Hall–Kier alpha value is -4.52. The lowest BCUT2D eigenvalue weighted by Gasteiger charge is -2.21. The van der Waals surface area contributed by atoms with Gasteiger partial charge in [-0.3, -0.25) is 9.59 Å². The molecule has 4 rings (SSSR count). The maximum atomic E-state index is 13.2. The molecule has 7 heteroatoms. The second kappa shape index (κ2) is 10.4. The normalized spacial score (nSPS) is 11.8. The number of Topliss-reactive ketones (excluding diaryl/α,β-unsaturated/α-hetero) is 1. The second-order valence-corrected chi connectivity index (χ2v) is 7.74. The molecule has 2 N–H and O–H groups in total. The Kier molecular flexibility index (Phi) is 6.93. The molecule has 0 bridgehead atoms. The van der Waals surface area contributed by atoms with Gasteiger partial charge in [-0.25, -0.2) is 0 Å². The van der Waals surface area contributed by atoms with Gasteiger partial charge in [-0.1, -0.05) is 48.5 Å². The summed E-state index contributed by atoms with van der Waals surface area (Å²) in [6.07, 6.45) is 0.406. The third-order valence-electron chi connectivity index (χ3n) is 5.24. The van der Waals surface area contributed by atoms with Crippen molar-refractivity contribution in [2.75, 3.05) is 5.32 Å². The minimum atomic E-state index is -1.00. The fourth-order valence-electron chi connectivity index (χ4n) is 3.36.